The molecule has 1 saturated carbocycles. The molecule has 0 saturated heterocycles. The number of benzene rings is 1. The van der Waals surface area contributed by atoms with Gasteiger partial charge >= 0.3 is 0 Å². The van der Waals surface area contributed by atoms with Crippen LogP contribution in [0.15, 0.2) is 24.3 Å². The highest BCUT2D eigenvalue weighted by molar-refractivity contribution is 5.88. The zero-order chi connectivity index (χ0) is 13.9. The van der Waals surface area contributed by atoms with E-state index in [4.69, 9.17) is 0 Å². The normalized spacial score (nSPS) is 17.7. The van der Waals surface area contributed by atoms with E-state index in [0.29, 0.717) is 18.0 Å². The summed E-state index contributed by atoms with van der Waals surface area (Å²) in [6.07, 6.45) is 3.47. The maximum Gasteiger partial charge on any atom is 0.230 e. The van der Waals surface area contributed by atoms with Gasteiger partial charge in [-0.1, -0.05) is 44.9 Å². The number of nitrogens with one attached hydrogen (secondary N) is 1. The molecular weight excluding hydrogens is 241 g/mol. The lowest BCUT2D eigenvalue weighted by Crippen LogP contribution is -2.44. The fraction of sp³-hybridized carbons (Fsp3) is 0.562. The molecule has 1 aliphatic rings. The molecule has 104 valence electrons. The summed E-state index contributed by atoms with van der Waals surface area (Å²) in [5.41, 5.74) is -0.0889. The molecule has 0 atom stereocenters. The fourth-order valence-electron chi connectivity index (χ4n) is 2.91. The van der Waals surface area contributed by atoms with Crippen molar-refractivity contribution < 1.29 is 9.18 Å². The predicted octanol–water partition coefficient (Wildman–Crippen LogP) is 3.41. The Hall–Kier alpha value is -1.38. The van der Waals surface area contributed by atoms with Gasteiger partial charge < -0.3 is 5.32 Å². The summed E-state index contributed by atoms with van der Waals surface area (Å²) in [4.78, 5) is 12.5. The molecule has 1 amide bonds. The third-order valence-electron chi connectivity index (χ3n) is 3.95. The standard InChI is InChI=1S/C16H22FNO/c1-12(2)11-18-15(19)16(9-5-6-10-16)13-7-3-4-8-14(13)17/h3-4,7-8,12H,5-6,9-11H2,1-2H3,(H,18,19). The first-order valence-electron chi connectivity index (χ1n) is 7.09. The van der Waals surface area contributed by atoms with Gasteiger partial charge in [-0.2, -0.15) is 0 Å². The second-order valence-corrected chi connectivity index (χ2v) is 5.87. The molecule has 1 aromatic rings. The lowest BCUT2D eigenvalue weighted by atomic mass is 9.77. The van der Waals surface area contributed by atoms with Gasteiger partial charge in [-0.05, 0) is 24.8 Å². The molecule has 2 nitrogen and oxygen atoms in total. The molecule has 0 heterocycles. The maximum atomic E-state index is 14.1. The zero-order valence-corrected chi connectivity index (χ0v) is 11.7. The molecule has 1 aromatic carbocycles. The lowest BCUT2D eigenvalue weighted by Gasteiger charge is -2.29. The van der Waals surface area contributed by atoms with Gasteiger partial charge in [-0.25, -0.2) is 4.39 Å². The van der Waals surface area contributed by atoms with Gasteiger partial charge in [0.05, 0.1) is 5.41 Å². The Morgan fingerprint density at radius 1 is 1.32 bits per heavy atom. The number of amides is 1. The summed E-state index contributed by atoms with van der Waals surface area (Å²) in [5.74, 6) is 0.135. The molecule has 0 radical (unpaired) electrons. The van der Waals surface area contributed by atoms with Gasteiger partial charge in [0.25, 0.3) is 0 Å². The highest BCUT2D eigenvalue weighted by atomic mass is 19.1. The van der Waals surface area contributed by atoms with Crippen LogP contribution < -0.4 is 5.32 Å². The largest absolute Gasteiger partial charge is 0.355 e. The molecule has 1 fully saturated rings. The minimum absolute atomic E-state index is 0.0104. The first kappa shape index (κ1) is 14.0. The lowest BCUT2D eigenvalue weighted by molar-refractivity contribution is -0.126. The average molecular weight is 263 g/mol. The predicted molar refractivity (Wildman–Crippen MR) is 74.4 cm³/mol. The number of carbonyl (C=O) groups excluding carboxylic acids is 1. The van der Waals surface area contributed by atoms with Gasteiger partial charge in [-0.3, -0.25) is 4.79 Å². The Labute approximate surface area is 114 Å². The van der Waals surface area contributed by atoms with Crippen LogP contribution in [0.1, 0.15) is 45.1 Å². The molecule has 19 heavy (non-hydrogen) atoms. The second-order valence-electron chi connectivity index (χ2n) is 5.87. The number of hydrogen-bond donors (Lipinski definition) is 1. The van der Waals surface area contributed by atoms with Crippen LogP contribution in [-0.4, -0.2) is 12.5 Å². The van der Waals surface area contributed by atoms with Gasteiger partial charge in [0.15, 0.2) is 0 Å². The molecule has 0 unspecified atom stereocenters. The molecule has 0 aliphatic heterocycles. The zero-order valence-electron chi connectivity index (χ0n) is 11.7. The van der Waals surface area contributed by atoms with E-state index in [1.54, 1.807) is 12.1 Å². The van der Waals surface area contributed by atoms with Crippen LogP contribution in [0.5, 0.6) is 0 Å². The average Bonchev–Trinajstić information content (AvgIpc) is 2.87. The summed E-state index contributed by atoms with van der Waals surface area (Å²) in [6.45, 7) is 4.77. The first-order chi connectivity index (χ1) is 9.06. The van der Waals surface area contributed by atoms with Gasteiger partial charge in [-0.15, -0.1) is 0 Å². The Morgan fingerprint density at radius 2 is 1.95 bits per heavy atom. The van der Waals surface area contributed by atoms with E-state index >= 15 is 0 Å². The molecule has 2 rings (SSSR count). The quantitative estimate of drug-likeness (QED) is 0.886. The molecule has 0 aromatic heterocycles. The number of rotatable bonds is 4. The summed E-state index contributed by atoms with van der Waals surface area (Å²) in [6, 6.07) is 6.70. The first-order valence-corrected chi connectivity index (χ1v) is 7.09. The van der Waals surface area contributed by atoms with Crippen LogP contribution in [0, 0.1) is 11.7 Å². The molecule has 0 spiro atoms. The van der Waals surface area contributed by atoms with Gasteiger partial charge in [0.2, 0.25) is 5.91 Å². The van der Waals surface area contributed by atoms with Gasteiger partial charge in [0, 0.05) is 12.1 Å². The fourth-order valence-corrected chi connectivity index (χ4v) is 2.91. The van der Waals surface area contributed by atoms with E-state index in [9.17, 15) is 9.18 Å². The smallest absolute Gasteiger partial charge is 0.230 e. The van der Waals surface area contributed by atoms with Crippen molar-refractivity contribution in [3.8, 4) is 0 Å². The van der Waals surface area contributed by atoms with Crippen molar-refractivity contribution in [2.24, 2.45) is 5.92 Å². The van der Waals surface area contributed by atoms with Crippen LogP contribution in [0.2, 0.25) is 0 Å². The third kappa shape index (κ3) is 2.80. The summed E-state index contributed by atoms with van der Waals surface area (Å²) >= 11 is 0. The van der Waals surface area contributed by atoms with Crippen molar-refractivity contribution in [3.63, 3.8) is 0 Å². The third-order valence-corrected chi connectivity index (χ3v) is 3.95. The van der Waals surface area contributed by atoms with E-state index in [0.717, 1.165) is 25.7 Å². The second kappa shape index (κ2) is 5.72. The minimum atomic E-state index is -0.653. The molecular formula is C16H22FNO. The van der Waals surface area contributed by atoms with Crippen molar-refractivity contribution >= 4 is 5.91 Å². The van der Waals surface area contributed by atoms with E-state index in [-0.39, 0.29) is 11.7 Å². The summed E-state index contributed by atoms with van der Waals surface area (Å²) in [5, 5.41) is 2.98. The highest BCUT2D eigenvalue weighted by Crippen LogP contribution is 2.42. The Kier molecular flexibility index (Phi) is 4.23. The number of halogens is 1. The molecule has 3 heteroatoms. The Morgan fingerprint density at radius 3 is 2.53 bits per heavy atom. The molecule has 1 N–H and O–H groups in total. The van der Waals surface area contributed by atoms with Crippen molar-refractivity contribution in [1.82, 2.24) is 5.32 Å². The van der Waals surface area contributed by atoms with Gasteiger partial charge in [0.1, 0.15) is 5.82 Å². The summed E-state index contributed by atoms with van der Waals surface area (Å²) in [7, 11) is 0. The van der Waals surface area contributed by atoms with Crippen LogP contribution in [0.25, 0.3) is 0 Å². The van der Waals surface area contributed by atoms with Crippen molar-refractivity contribution in [2.75, 3.05) is 6.54 Å². The number of hydrogen-bond acceptors (Lipinski definition) is 1. The SMILES string of the molecule is CC(C)CNC(=O)C1(c2ccccc2F)CCCC1. The van der Waals surface area contributed by atoms with E-state index in [1.807, 2.05) is 6.07 Å². The van der Waals surface area contributed by atoms with E-state index in [1.165, 1.54) is 6.07 Å². The molecule has 1 aliphatic carbocycles. The van der Waals surface area contributed by atoms with Crippen LogP contribution >= 0.6 is 0 Å². The topological polar surface area (TPSA) is 29.1 Å². The van der Waals surface area contributed by atoms with E-state index < -0.39 is 5.41 Å². The maximum absolute atomic E-state index is 14.1. The Balaban J connectivity index is 2.28. The van der Waals surface area contributed by atoms with Crippen LogP contribution in [0.4, 0.5) is 4.39 Å². The Bertz CT molecular complexity index is 450. The van der Waals surface area contributed by atoms with Crippen LogP contribution in [-0.2, 0) is 10.2 Å². The van der Waals surface area contributed by atoms with Crippen molar-refractivity contribution in [3.05, 3.63) is 35.6 Å². The number of carbonyl (C=O) groups is 1. The van der Waals surface area contributed by atoms with Crippen LogP contribution in [0.3, 0.4) is 0 Å². The van der Waals surface area contributed by atoms with Crippen molar-refractivity contribution in [1.29, 1.82) is 0 Å². The highest BCUT2D eigenvalue weighted by Gasteiger charge is 2.44. The monoisotopic (exact) mass is 263 g/mol. The molecule has 0 bridgehead atoms. The van der Waals surface area contributed by atoms with E-state index in [2.05, 4.69) is 19.2 Å². The van der Waals surface area contributed by atoms with Crippen molar-refractivity contribution in [2.45, 2.75) is 44.9 Å². The minimum Gasteiger partial charge on any atom is -0.355 e. The summed E-state index contributed by atoms with van der Waals surface area (Å²) < 4.78 is 14.1.